The van der Waals surface area contributed by atoms with Crippen molar-refractivity contribution < 1.29 is 23.1 Å². The van der Waals surface area contributed by atoms with E-state index in [-0.39, 0.29) is 34.9 Å². The molecule has 26 heavy (non-hydrogen) atoms. The van der Waals surface area contributed by atoms with Gasteiger partial charge in [-0.05, 0) is 23.8 Å². The summed E-state index contributed by atoms with van der Waals surface area (Å²) in [5, 5.41) is 8.67. The van der Waals surface area contributed by atoms with Gasteiger partial charge in [0.2, 0.25) is 10.0 Å². The Morgan fingerprint density at radius 1 is 1.08 bits per heavy atom. The van der Waals surface area contributed by atoms with Gasteiger partial charge in [0.1, 0.15) is 4.90 Å². The highest BCUT2D eigenvalue weighted by Crippen LogP contribution is 2.27. The van der Waals surface area contributed by atoms with E-state index in [0.29, 0.717) is 0 Å². The van der Waals surface area contributed by atoms with E-state index in [1.165, 1.54) is 25.2 Å². The van der Waals surface area contributed by atoms with E-state index in [9.17, 15) is 18.0 Å². The molecule has 0 spiro atoms. The molecule has 0 aliphatic carbocycles. The van der Waals surface area contributed by atoms with Crippen LogP contribution in [0.2, 0.25) is 5.02 Å². The van der Waals surface area contributed by atoms with Gasteiger partial charge >= 0.3 is 5.97 Å². The second-order valence-electron chi connectivity index (χ2n) is 5.71. The van der Waals surface area contributed by atoms with Crippen molar-refractivity contribution >= 4 is 33.4 Å². The van der Waals surface area contributed by atoms with Gasteiger partial charge in [0.25, 0.3) is 0 Å². The molecule has 138 valence electrons. The molecule has 2 aromatic rings. The predicted octanol–water partition coefficient (Wildman–Crippen LogP) is 3.21. The van der Waals surface area contributed by atoms with Gasteiger partial charge < -0.3 is 5.11 Å². The quantitative estimate of drug-likeness (QED) is 0.693. The second-order valence-corrected chi connectivity index (χ2v) is 8.13. The van der Waals surface area contributed by atoms with Crippen molar-refractivity contribution in [2.75, 3.05) is 7.05 Å². The Morgan fingerprint density at radius 2 is 1.73 bits per heavy atom. The Hall–Kier alpha value is -2.22. The van der Waals surface area contributed by atoms with Crippen molar-refractivity contribution in [2.45, 2.75) is 24.3 Å². The molecule has 0 saturated heterocycles. The summed E-state index contributed by atoms with van der Waals surface area (Å²) in [5.41, 5.74) is 0.922. The summed E-state index contributed by atoms with van der Waals surface area (Å²) in [6.45, 7) is 0.149. The molecule has 0 radical (unpaired) electrons. The number of carboxylic acid groups (broad SMARTS) is 1. The highest BCUT2D eigenvalue weighted by molar-refractivity contribution is 7.89. The molecule has 0 fully saturated rings. The SMILES string of the molecule is CN(Cc1ccccc1)S(=O)(=O)c1cc(C(=O)CCC(=O)O)ccc1Cl. The first-order chi connectivity index (χ1) is 12.2. The number of carboxylic acids is 1. The average Bonchev–Trinajstić information content (AvgIpc) is 2.60. The van der Waals surface area contributed by atoms with Gasteiger partial charge in [0.15, 0.2) is 5.78 Å². The fourth-order valence-corrected chi connectivity index (χ4v) is 3.99. The number of nitrogens with zero attached hydrogens (tertiary/aromatic N) is 1. The maximum Gasteiger partial charge on any atom is 0.303 e. The first-order valence-electron chi connectivity index (χ1n) is 7.76. The van der Waals surface area contributed by atoms with E-state index in [1.54, 1.807) is 12.1 Å². The molecule has 8 heteroatoms. The Labute approximate surface area is 157 Å². The van der Waals surface area contributed by atoms with Crippen LogP contribution in [0.3, 0.4) is 0 Å². The number of aliphatic carboxylic acids is 1. The third-order valence-electron chi connectivity index (χ3n) is 3.76. The van der Waals surface area contributed by atoms with Crippen LogP contribution in [-0.4, -0.2) is 36.6 Å². The number of hydrogen-bond donors (Lipinski definition) is 1. The average molecular weight is 396 g/mol. The lowest BCUT2D eigenvalue weighted by molar-refractivity contribution is -0.136. The number of rotatable bonds is 8. The fraction of sp³-hybridized carbons (Fsp3) is 0.222. The van der Waals surface area contributed by atoms with Gasteiger partial charge in [-0.15, -0.1) is 0 Å². The Bertz CT molecular complexity index is 912. The van der Waals surface area contributed by atoms with E-state index < -0.39 is 21.8 Å². The number of carbonyl (C=O) groups excluding carboxylic acids is 1. The van der Waals surface area contributed by atoms with Crippen LogP contribution in [0.1, 0.15) is 28.8 Å². The molecule has 0 amide bonds. The number of Topliss-reactive ketones (excluding diaryl/α,β-unsaturated/α-hetero) is 1. The van der Waals surface area contributed by atoms with Gasteiger partial charge in [-0.2, -0.15) is 4.31 Å². The third-order valence-corrected chi connectivity index (χ3v) is 6.04. The monoisotopic (exact) mass is 395 g/mol. The lowest BCUT2D eigenvalue weighted by atomic mass is 10.1. The Morgan fingerprint density at radius 3 is 2.35 bits per heavy atom. The zero-order valence-corrected chi connectivity index (χ0v) is 15.6. The van der Waals surface area contributed by atoms with E-state index >= 15 is 0 Å². The molecule has 0 saturated carbocycles. The molecular formula is C18H18ClNO5S. The maximum atomic E-state index is 12.8. The van der Waals surface area contributed by atoms with E-state index in [4.69, 9.17) is 16.7 Å². The topological polar surface area (TPSA) is 91.8 Å². The van der Waals surface area contributed by atoms with Crippen molar-refractivity contribution in [3.8, 4) is 0 Å². The molecule has 0 bridgehead atoms. The lowest BCUT2D eigenvalue weighted by Gasteiger charge is -2.18. The van der Waals surface area contributed by atoms with Crippen LogP contribution in [0.4, 0.5) is 0 Å². The minimum atomic E-state index is -3.92. The van der Waals surface area contributed by atoms with E-state index in [2.05, 4.69) is 0 Å². The van der Waals surface area contributed by atoms with Gasteiger partial charge in [-0.3, -0.25) is 9.59 Å². The summed E-state index contributed by atoms with van der Waals surface area (Å²) < 4.78 is 26.8. The van der Waals surface area contributed by atoms with Gasteiger partial charge in [0.05, 0.1) is 11.4 Å². The summed E-state index contributed by atoms with van der Waals surface area (Å²) in [7, 11) is -2.49. The normalized spacial score (nSPS) is 11.5. The van der Waals surface area contributed by atoms with Gasteiger partial charge in [-0.1, -0.05) is 41.9 Å². The zero-order valence-electron chi connectivity index (χ0n) is 14.1. The maximum absolute atomic E-state index is 12.8. The van der Waals surface area contributed by atoms with Crippen molar-refractivity contribution in [2.24, 2.45) is 0 Å². The summed E-state index contributed by atoms with van der Waals surface area (Å²) in [5.74, 6) is -1.55. The van der Waals surface area contributed by atoms with E-state index in [0.717, 1.165) is 9.87 Å². The van der Waals surface area contributed by atoms with Crippen molar-refractivity contribution in [3.05, 3.63) is 64.7 Å². The van der Waals surface area contributed by atoms with E-state index in [1.807, 2.05) is 18.2 Å². The first-order valence-corrected chi connectivity index (χ1v) is 9.58. The molecule has 2 rings (SSSR count). The van der Waals surface area contributed by atoms with Crippen molar-refractivity contribution in [1.82, 2.24) is 4.31 Å². The molecule has 0 aliphatic rings. The molecular weight excluding hydrogens is 378 g/mol. The van der Waals surface area contributed by atoms with Crippen LogP contribution in [0.15, 0.2) is 53.4 Å². The number of ketones is 1. The molecule has 0 aromatic heterocycles. The minimum absolute atomic E-state index is 0.000281. The highest BCUT2D eigenvalue weighted by Gasteiger charge is 2.25. The molecule has 0 heterocycles. The first kappa shape index (κ1) is 20.1. The lowest BCUT2D eigenvalue weighted by Crippen LogP contribution is -2.27. The smallest absolute Gasteiger partial charge is 0.303 e. The highest BCUT2D eigenvalue weighted by atomic mass is 35.5. The predicted molar refractivity (Wildman–Crippen MR) is 97.7 cm³/mol. The van der Waals surface area contributed by atoms with Crippen LogP contribution in [0.5, 0.6) is 0 Å². The van der Waals surface area contributed by atoms with Crippen LogP contribution in [0, 0.1) is 0 Å². The number of sulfonamides is 1. The number of benzene rings is 2. The minimum Gasteiger partial charge on any atom is -0.481 e. The van der Waals surface area contributed by atoms with Gasteiger partial charge in [-0.25, -0.2) is 8.42 Å². The standard InChI is InChI=1S/C18H18ClNO5S/c1-20(12-13-5-3-2-4-6-13)26(24,25)17-11-14(7-8-15(17)19)16(21)9-10-18(22)23/h2-8,11H,9-10,12H2,1H3,(H,22,23). The molecule has 0 unspecified atom stereocenters. The summed E-state index contributed by atoms with van der Waals surface area (Å²) in [6.07, 6.45) is -0.534. The number of halogens is 1. The van der Waals surface area contributed by atoms with Crippen LogP contribution >= 0.6 is 11.6 Å². The second kappa shape index (κ2) is 8.44. The van der Waals surface area contributed by atoms with Gasteiger partial charge in [0, 0.05) is 25.6 Å². The molecule has 0 aliphatic heterocycles. The summed E-state index contributed by atoms with van der Waals surface area (Å²) in [4.78, 5) is 22.5. The Kier molecular flexibility index (Phi) is 6.52. The van der Waals surface area contributed by atoms with Crippen LogP contribution in [-0.2, 0) is 21.4 Å². The van der Waals surface area contributed by atoms with Crippen LogP contribution < -0.4 is 0 Å². The van der Waals surface area contributed by atoms with Crippen LogP contribution in [0.25, 0.3) is 0 Å². The zero-order chi connectivity index (χ0) is 19.3. The van der Waals surface area contributed by atoms with Crippen molar-refractivity contribution in [1.29, 1.82) is 0 Å². The molecule has 6 nitrogen and oxygen atoms in total. The number of hydrogen-bond acceptors (Lipinski definition) is 4. The Balaban J connectivity index is 2.29. The summed E-state index contributed by atoms with van der Waals surface area (Å²) >= 11 is 6.05. The van der Waals surface area contributed by atoms with Crippen molar-refractivity contribution in [3.63, 3.8) is 0 Å². The molecule has 0 atom stereocenters. The summed E-state index contributed by atoms with van der Waals surface area (Å²) in [6, 6.07) is 13.0. The number of carbonyl (C=O) groups is 2. The fourth-order valence-electron chi connectivity index (χ4n) is 2.33. The molecule has 1 N–H and O–H groups in total. The third kappa shape index (κ3) is 4.91. The molecule has 2 aromatic carbocycles. The largest absolute Gasteiger partial charge is 0.481 e.